The minimum absolute atomic E-state index is 0.0522. The lowest BCUT2D eigenvalue weighted by atomic mass is 9.85. The molecule has 1 heterocycles. The molecule has 1 saturated heterocycles. The van der Waals surface area contributed by atoms with E-state index >= 15 is 0 Å². The van der Waals surface area contributed by atoms with Gasteiger partial charge in [0.05, 0.1) is 13.2 Å². The molecular formula is C15H22BrNO2. The van der Waals surface area contributed by atoms with E-state index in [4.69, 9.17) is 15.2 Å². The first kappa shape index (κ1) is 14.8. The third-order valence-electron chi connectivity index (χ3n) is 4.14. The molecule has 19 heavy (non-hydrogen) atoms. The molecule has 1 aromatic rings. The van der Waals surface area contributed by atoms with Crippen LogP contribution in [0.25, 0.3) is 0 Å². The fraction of sp³-hybridized carbons (Fsp3) is 0.600. The van der Waals surface area contributed by atoms with Crippen molar-refractivity contribution in [2.75, 3.05) is 13.7 Å². The molecule has 0 aromatic heterocycles. The predicted octanol–water partition coefficient (Wildman–Crippen LogP) is 3.50. The maximum absolute atomic E-state index is 6.52. The molecular weight excluding hydrogens is 306 g/mol. The number of ether oxygens (including phenoxy) is 2. The Morgan fingerprint density at radius 2 is 2.16 bits per heavy atom. The summed E-state index contributed by atoms with van der Waals surface area (Å²) in [5, 5.41) is 0. The van der Waals surface area contributed by atoms with Gasteiger partial charge in [-0.15, -0.1) is 0 Å². The highest BCUT2D eigenvalue weighted by Gasteiger charge is 2.33. The van der Waals surface area contributed by atoms with Gasteiger partial charge in [0, 0.05) is 28.6 Å². The van der Waals surface area contributed by atoms with Crippen LogP contribution in [-0.4, -0.2) is 19.8 Å². The van der Waals surface area contributed by atoms with Gasteiger partial charge >= 0.3 is 0 Å². The van der Waals surface area contributed by atoms with E-state index < -0.39 is 0 Å². The van der Waals surface area contributed by atoms with Crippen molar-refractivity contribution in [2.24, 2.45) is 11.7 Å². The summed E-state index contributed by atoms with van der Waals surface area (Å²) < 4.78 is 12.3. The molecule has 3 nitrogen and oxygen atoms in total. The number of methoxy groups -OCH3 is 1. The minimum Gasteiger partial charge on any atom is -0.496 e. The van der Waals surface area contributed by atoms with Gasteiger partial charge in [-0.2, -0.15) is 0 Å². The highest BCUT2D eigenvalue weighted by Crippen LogP contribution is 2.41. The van der Waals surface area contributed by atoms with Crippen LogP contribution in [0.2, 0.25) is 0 Å². The molecule has 3 unspecified atom stereocenters. The molecule has 0 aliphatic carbocycles. The molecule has 2 rings (SSSR count). The van der Waals surface area contributed by atoms with Gasteiger partial charge in [-0.3, -0.25) is 0 Å². The van der Waals surface area contributed by atoms with E-state index in [1.165, 1.54) is 0 Å². The standard InChI is InChI=1S/C15H22BrNO2/c1-8-7-12(16)9(2)13(15(8)18-4)14(17)11-5-6-19-10(11)3/h7,10-11,14H,5-6,17H2,1-4H3. The Labute approximate surface area is 123 Å². The summed E-state index contributed by atoms with van der Waals surface area (Å²) in [5.74, 6) is 1.26. The fourth-order valence-electron chi connectivity index (χ4n) is 2.98. The molecule has 106 valence electrons. The zero-order valence-electron chi connectivity index (χ0n) is 12.0. The SMILES string of the molecule is COc1c(C)cc(Br)c(C)c1C(N)C1CCOC1C. The van der Waals surface area contributed by atoms with Crippen LogP contribution in [0.1, 0.15) is 36.1 Å². The van der Waals surface area contributed by atoms with Crippen molar-refractivity contribution in [3.05, 3.63) is 27.2 Å². The van der Waals surface area contributed by atoms with E-state index in [0.29, 0.717) is 5.92 Å². The average Bonchev–Trinajstić information content (AvgIpc) is 2.79. The van der Waals surface area contributed by atoms with E-state index in [0.717, 1.165) is 39.9 Å². The van der Waals surface area contributed by atoms with Gasteiger partial charge in [-0.05, 0) is 44.4 Å². The number of aryl methyl sites for hydroxylation is 1. The summed E-state index contributed by atoms with van der Waals surface area (Å²) in [6, 6.07) is 2.03. The lowest BCUT2D eigenvalue weighted by Crippen LogP contribution is -2.28. The quantitative estimate of drug-likeness (QED) is 0.924. The molecule has 1 aromatic carbocycles. The summed E-state index contributed by atoms with van der Waals surface area (Å²) >= 11 is 3.61. The average molecular weight is 328 g/mol. The summed E-state index contributed by atoms with van der Waals surface area (Å²) in [6.07, 6.45) is 1.22. The zero-order chi connectivity index (χ0) is 14.2. The molecule has 2 N–H and O–H groups in total. The van der Waals surface area contributed by atoms with Crippen LogP contribution < -0.4 is 10.5 Å². The monoisotopic (exact) mass is 327 g/mol. The van der Waals surface area contributed by atoms with E-state index in [9.17, 15) is 0 Å². The molecule has 3 atom stereocenters. The number of hydrogen-bond acceptors (Lipinski definition) is 3. The van der Waals surface area contributed by atoms with E-state index in [1.54, 1.807) is 7.11 Å². The smallest absolute Gasteiger partial charge is 0.126 e. The minimum atomic E-state index is -0.0522. The van der Waals surface area contributed by atoms with Crippen molar-refractivity contribution in [2.45, 2.75) is 39.3 Å². The van der Waals surface area contributed by atoms with Gasteiger partial charge in [0.25, 0.3) is 0 Å². The van der Waals surface area contributed by atoms with Gasteiger partial charge in [0.2, 0.25) is 0 Å². The lowest BCUT2D eigenvalue weighted by molar-refractivity contribution is 0.0992. The second-order valence-electron chi connectivity index (χ2n) is 5.30. The van der Waals surface area contributed by atoms with Gasteiger partial charge in [-0.25, -0.2) is 0 Å². The Morgan fingerprint density at radius 1 is 1.47 bits per heavy atom. The Bertz CT molecular complexity index is 476. The van der Waals surface area contributed by atoms with Crippen LogP contribution >= 0.6 is 15.9 Å². The van der Waals surface area contributed by atoms with Crippen molar-refractivity contribution >= 4 is 15.9 Å². The van der Waals surface area contributed by atoms with Crippen molar-refractivity contribution < 1.29 is 9.47 Å². The second kappa shape index (κ2) is 5.81. The van der Waals surface area contributed by atoms with Gasteiger partial charge in [0.15, 0.2) is 0 Å². The third-order valence-corrected chi connectivity index (χ3v) is 4.97. The van der Waals surface area contributed by atoms with Gasteiger partial charge in [0.1, 0.15) is 5.75 Å². The first-order valence-corrected chi connectivity index (χ1v) is 7.47. The van der Waals surface area contributed by atoms with Crippen molar-refractivity contribution in [1.82, 2.24) is 0 Å². The van der Waals surface area contributed by atoms with Crippen LogP contribution in [0.5, 0.6) is 5.75 Å². The second-order valence-corrected chi connectivity index (χ2v) is 6.16. The molecule has 1 aliphatic rings. The van der Waals surface area contributed by atoms with Crippen LogP contribution in [0, 0.1) is 19.8 Å². The molecule has 0 radical (unpaired) electrons. The topological polar surface area (TPSA) is 44.5 Å². The molecule has 4 heteroatoms. The normalized spacial score (nSPS) is 24.5. The fourth-order valence-corrected chi connectivity index (χ4v) is 3.54. The van der Waals surface area contributed by atoms with E-state index in [2.05, 4.69) is 35.8 Å². The Balaban J connectivity index is 2.48. The highest BCUT2D eigenvalue weighted by atomic mass is 79.9. The predicted molar refractivity (Wildman–Crippen MR) is 80.6 cm³/mol. The third kappa shape index (κ3) is 2.67. The number of hydrogen-bond donors (Lipinski definition) is 1. The molecule has 1 fully saturated rings. The summed E-state index contributed by atoms with van der Waals surface area (Å²) in [7, 11) is 1.71. The largest absolute Gasteiger partial charge is 0.496 e. The van der Waals surface area contributed by atoms with Crippen LogP contribution in [0.15, 0.2) is 10.5 Å². The maximum atomic E-state index is 6.52. The molecule has 0 spiro atoms. The summed E-state index contributed by atoms with van der Waals surface area (Å²) in [5.41, 5.74) is 9.90. The molecule has 0 amide bonds. The number of halogens is 1. The zero-order valence-corrected chi connectivity index (χ0v) is 13.6. The lowest BCUT2D eigenvalue weighted by Gasteiger charge is -2.27. The number of benzene rings is 1. The van der Waals surface area contributed by atoms with Crippen molar-refractivity contribution in [3.63, 3.8) is 0 Å². The van der Waals surface area contributed by atoms with Gasteiger partial charge < -0.3 is 15.2 Å². The van der Waals surface area contributed by atoms with E-state index in [-0.39, 0.29) is 12.1 Å². The molecule has 0 saturated carbocycles. The molecule has 1 aliphatic heterocycles. The van der Waals surface area contributed by atoms with Crippen molar-refractivity contribution in [1.29, 1.82) is 0 Å². The Kier molecular flexibility index (Phi) is 4.54. The van der Waals surface area contributed by atoms with Crippen molar-refractivity contribution in [3.8, 4) is 5.75 Å². The molecule has 0 bridgehead atoms. The maximum Gasteiger partial charge on any atom is 0.126 e. The van der Waals surface area contributed by atoms with Crippen LogP contribution in [0.4, 0.5) is 0 Å². The van der Waals surface area contributed by atoms with Gasteiger partial charge in [-0.1, -0.05) is 15.9 Å². The summed E-state index contributed by atoms with van der Waals surface area (Å²) in [6.45, 7) is 7.04. The first-order valence-electron chi connectivity index (χ1n) is 6.68. The summed E-state index contributed by atoms with van der Waals surface area (Å²) in [4.78, 5) is 0. The number of nitrogens with two attached hydrogens (primary N) is 1. The van der Waals surface area contributed by atoms with Crippen LogP contribution in [0.3, 0.4) is 0 Å². The first-order chi connectivity index (χ1) is 8.97. The van der Waals surface area contributed by atoms with E-state index in [1.807, 2.05) is 6.92 Å². The Hall–Kier alpha value is -0.580. The highest BCUT2D eigenvalue weighted by molar-refractivity contribution is 9.10. The number of rotatable bonds is 3. The Morgan fingerprint density at radius 3 is 2.68 bits per heavy atom. The van der Waals surface area contributed by atoms with Crippen LogP contribution in [-0.2, 0) is 4.74 Å².